The van der Waals surface area contributed by atoms with Crippen LogP contribution >= 0.6 is 0 Å². The second-order valence-electron chi connectivity index (χ2n) is 7.71. The Bertz CT molecular complexity index is 766. The van der Waals surface area contributed by atoms with Gasteiger partial charge in [-0.3, -0.25) is 9.48 Å². The molecule has 0 bridgehead atoms. The summed E-state index contributed by atoms with van der Waals surface area (Å²) in [5, 5.41) is 4.39. The topological polar surface area (TPSA) is 75.5 Å². The molecule has 0 aromatic carbocycles. The Balaban J connectivity index is 1.80. The summed E-state index contributed by atoms with van der Waals surface area (Å²) in [6, 6.07) is 0. The van der Waals surface area contributed by atoms with Crippen LogP contribution in [-0.2, 0) is 21.4 Å². The van der Waals surface area contributed by atoms with Crippen LogP contribution < -0.4 is 0 Å². The number of carbonyl (C=O) groups excluding carboxylic acids is 1. The third-order valence-corrected chi connectivity index (χ3v) is 7.67. The molecule has 1 amide bonds. The highest BCUT2D eigenvalue weighted by Gasteiger charge is 2.32. The van der Waals surface area contributed by atoms with E-state index in [4.69, 9.17) is 0 Å². The molecule has 2 saturated heterocycles. The van der Waals surface area contributed by atoms with E-state index in [0.29, 0.717) is 30.4 Å². The molecule has 1 aromatic rings. The summed E-state index contributed by atoms with van der Waals surface area (Å²) in [5.74, 6) is 0.535. The van der Waals surface area contributed by atoms with Gasteiger partial charge in [0.1, 0.15) is 11.4 Å². The molecule has 2 aliphatic rings. The first-order valence-electron chi connectivity index (χ1n) is 9.62. The number of aromatic nitrogens is 2. The molecule has 1 atom stereocenters. The number of hydrogen-bond donors (Lipinski definition) is 0. The average molecular weight is 383 g/mol. The van der Waals surface area contributed by atoms with Crippen LogP contribution in [0.5, 0.6) is 0 Å². The average Bonchev–Trinajstić information content (AvgIpc) is 2.89. The van der Waals surface area contributed by atoms with Gasteiger partial charge in [-0.1, -0.05) is 13.3 Å². The smallest absolute Gasteiger partial charge is 0.246 e. The van der Waals surface area contributed by atoms with Crippen molar-refractivity contribution in [1.82, 2.24) is 19.0 Å². The lowest BCUT2D eigenvalue weighted by Crippen LogP contribution is -2.41. The molecular weight excluding hydrogens is 352 g/mol. The van der Waals surface area contributed by atoms with Gasteiger partial charge in [-0.05, 0) is 45.4 Å². The van der Waals surface area contributed by atoms with Crippen LogP contribution in [0.3, 0.4) is 0 Å². The first kappa shape index (κ1) is 19.4. The second-order valence-corrected chi connectivity index (χ2v) is 9.58. The molecule has 1 aromatic heterocycles. The van der Waals surface area contributed by atoms with E-state index in [2.05, 4.69) is 12.0 Å². The van der Waals surface area contributed by atoms with Crippen molar-refractivity contribution >= 4 is 15.9 Å². The van der Waals surface area contributed by atoms with Crippen molar-refractivity contribution in [3.8, 4) is 0 Å². The molecule has 26 heavy (non-hydrogen) atoms. The third kappa shape index (κ3) is 3.81. The molecule has 0 spiro atoms. The highest BCUT2D eigenvalue weighted by atomic mass is 32.2. The van der Waals surface area contributed by atoms with Gasteiger partial charge in [-0.25, -0.2) is 8.42 Å². The molecule has 2 fully saturated rings. The van der Waals surface area contributed by atoms with Gasteiger partial charge in [0.2, 0.25) is 15.9 Å². The Morgan fingerprint density at radius 2 is 1.81 bits per heavy atom. The molecule has 7 nitrogen and oxygen atoms in total. The number of rotatable bonds is 4. The fourth-order valence-electron chi connectivity index (χ4n) is 4.09. The standard InChI is InChI=1S/C18H30N4O3S/c1-14-8-7-9-20(12-14)17(23)13-22-16(3)18(15(2)19-22)26(24,25)21-10-5-4-6-11-21/h14H,4-13H2,1-3H3/t14-/m0/s1. The van der Waals surface area contributed by atoms with Crippen LogP contribution in [-0.4, -0.2) is 59.5 Å². The van der Waals surface area contributed by atoms with Gasteiger partial charge in [-0.15, -0.1) is 0 Å². The van der Waals surface area contributed by atoms with Crippen molar-refractivity contribution in [3.05, 3.63) is 11.4 Å². The van der Waals surface area contributed by atoms with Crippen LogP contribution in [0.1, 0.15) is 50.4 Å². The zero-order valence-corrected chi connectivity index (χ0v) is 16.9. The normalized spacial score (nSPS) is 22.6. The van der Waals surface area contributed by atoms with E-state index in [-0.39, 0.29) is 17.3 Å². The molecule has 0 unspecified atom stereocenters. The number of hydrogen-bond acceptors (Lipinski definition) is 4. The van der Waals surface area contributed by atoms with Crippen molar-refractivity contribution in [2.24, 2.45) is 5.92 Å². The quantitative estimate of drug-likeness (QED) is 0.797. The largest absolute Gasteiger partial charge is 0.341 e. The molecule has 146 valence electrons. The predicted octanol–water partition coefficient (Wildman–Crippen LogP) is 1.93. The van der Waals surface area contributed by atoms with Crippen LogP contribution in [0.15, 0.2) is 4.90 Å². The van der Waals surface area contributed by atoms with Gasteiger partial charge in [0, 0.05) is 26.2 Å². The highest BCUT2D eigenvalue weighted by molar-refractivity contribution is 7.89. The molecule has 3 rings (SSSR count). The number of sulfonamides is 1. The van der Waals surface area contributed by atoms with Gasteiger partial charge >= 0.3 is 0 Å². The lowest BCUT2D eigenvalue weighted by molar-refractivity contribution is -0.133. The summed E-state index contributed by atoms with van der Waals surface area (Å²) in [6.07, 6.45) is 5.06. The van der Waals surface area contributed by atoms with Gasteiger partial charge in [0.05, 0.1) is 11.4 Å². The number of nitrogens with zero attached hydrogens (tertiary/aromatic N) is 4. The minimum absolute atomic E-state index is 0.0177. The van der Waals surface area contributed by atoms with Gasteiger partial charge in [-0.2, -0.15) is 9.40 Å². The van der Waals surface area contributed by atoms with Crippen LogP contribution in [0.25, 0.3) is 0 Å². The zero-order valence-electron chi connectivity index (χ0n) is 16.1. The first-order valence-corrected chi connectivity index (χ1v) is 11.1. The van der Waals surface area contributed by atoms with E-state index >= 15 is 0 Å². The van der Waals surface area contributed by atoms with E-state index in [1.807, 2.05) is 4.90 Å². The predicted molar refractivity (Wildman–Crippen MR) is 99.3 cm³/mol. The first-order chi connectivity index (χ1) is 12.3. The van der Waals surface area contributed by atoms with Crippen LogP contribution in [0, 0.1) is 19.8 Å². The van der Waals surface area contributed by atoms with Crippen molar-refractivity contribution in [2.75, 3.05) is 26.2 Å². The van der Waals surface area contributed by atoms with Crippen molar-refractivity contribution in [3.63, 3.8) is 0 Å². The third-order valence-electron chi connectivity index (χ3n) is 5.52. The van der Waals surface area contributed by atoms with Crippen LogP contribution in [0.4, 0.5) is 0 Å². The van der Waals surface area contributed by atoms with Gasteiger partial charge in [0.15, 0.2) is 0 Å². The maximum Gasteiger partial charge on any atom is 0.246 e. The molecular formula is C18H30N4O3S. The number of piperidine rings is 2. The summed E-state index contributed by atoms with van der Waals surface area (Å²) in [4.78, 5) is 14.8. The minimum Gasteiger partial charge on any atom is -0.341 e. The molecule has 0 saturated carbocycles. The van der Waals surface area contributed by atoms with Crippen molar-refractivity contribution in [2.45, 2.75) is 64.3 Å². The summed E-state index contributed by atoms with van der Waals surface area (Å²) < 4.78 is 29.2. The number of amides is 1. The van der Waals surface area contributed by atoms with Gasteiger partial charge in [0.25, 0.3) is 0 Å². The Kier molecular flexibility index (Phi) is 5.72. The fraction of sp³-hybridized carbons (Fsp3) is 0.778. The van der Waals surface area contributed by atoms with Crippen molar-refractivity contribution < 1.29 is 13.2 Å². The summed E-state index contributed by atoms with van der Waals surface area (Å²) in [7, 11) is -3.55. The van der Waals surface area contributed by atoms with Gasteiger partial charge < -0.3 is 4.90 Å². The molecule has 8 heteroatoms. The summed E-state index contributed by atoms with van der Waals surface area (Å²) >= 11 is 0. The molecule has 0 aliphatic carbocycles. The molecule has 2 aliphatic heterocycles. The highest BCUT2D eigenvalue weighted by Crippen LogP contribution is 2.26. The number of carbonyl (C=O) groups is 1. The fourth-order valence-corrected chi connectivity index (χ4v) is 5.98. The lowest BCUT2D eigenvalue weighted by atomic mass is 10.0. The van der Waals surface area contributed by atoms with E-state index < -0.39 is 10.0 Å². The SMILES string of the molecule is Cc1nn(CC(=O)N2CCC[C@H](C)C2)c(C)c1S(=O)(=O)N1CCCCC1. The minimum atomic E-state index is -3.55. The Morgan fingerprint density at radius 3 is 2.46 bits per heavy atom. The molecule has 0 radical (unpaired) electrons. The molecule has 3 heterocycles. The van der Waals surface area contributed by atoms with Crippen molar-refractivity contribution in [1.29, 1.82) is 0 Å². The van der Waals surface area contributed by atoms with E-state index in [0.717, 1.165) is 45.2 Å². The summed E-state index contributed by atoms with van der Waals surface area (Å²) in [5.41, 5.74) is 1.04. The lowest BCUT2D eigenvalue weighted by Gasteiger charge is -2.31. The Hall–Kier alpha value is -1.41. The zero-order chi connectivity index (χ0) is 18.9. The maximum absolute atomic E-state index is 13.0. The Morgan fingerprint density at radius 1 is 1.12 bits per heavy atom. The van der Waals surface area contributed by atoms with E-state index in [1.54, 1.807) is 22.8 Å². The Labute approximate surface area is 156 Å². The maximum atomic E-state index is 13.0. The molecule has 0 N–H and O–H groups in total. The summed E-state index contributed by atoms with van der Waals surface area (Å²) in [6.45, 7) is 8.42. The number of likely N-dealkylation sites (tertiary alicyclic amines) is 1. The second kappa shape index (κ2) is 7.68. The van der Waals surface area contributed by atoms with Crippen LogP contribution in [0.2, 0.25) is 0 Å². The number of aryl methyl sites for hydroxylation is 1. The monoisotopic (exact) mass is 382 g/mol. The van der Waals surface area contributed by atoms with E-state index in [9.17, 15) is 13.2 Å². The van der Waals surface area contributed by atoms with E-state index in [1.165, 1.54) is 0 Å².